The van der Waals surface area contributed by atoms with Gasteiger partial charge in [0.2, 0.25) is 0 Å². The van der Waals surface area contributed by atoms with Crippen molar-refractivity contribution in [3.8, 4) is 0 Å². The Morgan fingerprint density at radius 1 is 1.27 bits per heavy atom. The van der Waals surface area contributed by atoms with Crippen molar-refractivity contribution in [2.24, 2.45) is 5.92 Å². The molecule has 0 amide bonds. The Labute approximate surface area is 72.2 Å². The molecule has 0 aliphatic heterocycles. The zero-order valence-corrected chi connectivity index (χ0v) is 7.14. The predicted molar refractivity (Wildman–Crippen MR) is 47.9 cm³/mol. The van der Waals surface area contributed by atoms with Crippen LogP contribution in [-0.4, -0.2) is 0 Å². The van der Waals surface area contributed by atoms with Crippen LogP contribution in [0.25, 0.3) is 0 Å². The van der Waals surface area contributed by atoms with Crippen LogP contribution in [-0.2, 0) is 6.42 Å². The van der Waals surface area contributed by atoms with E-state index in [-0.39, 0.29) is 0 Å². The van der Waals surface area contributed by atoms with E-state index in [1.165, 1.54) is 24.8 Å². The second-order valence-corrected chi connectivity index (χ2v) is 3.65. The first-order chi connectivity index (χ1) is 5.36. The van der Waals surface area contributed by atoms with Crippen LogP contribution in [0, 0.1) is 5.92 Å². The molecule has 0 atom stereocenters. The summed E-state index contributed by atoms with van der Waals surface area (Å²) in [5.41, 5.74) is 1.32. The lowest BCUT2D eigenvalue weighted by atomic mass is 10.1. The summed E-state index contributed by atoms with van der Waals surface area (Å²) in [6, 6.07) is 8.14. The molecule has 0 bridgehead atoms. The van der Waals surface area contributed by atoms with Crippen molar-refractivity contribution in [3.05, 3.63) is 34.9 Å². The molecule has 2 rings (SSSR count). The molecule has 11 heavy (non-hydrogen) atoms. The van der Waals surface area contributed by atoms with E-state index in [9.17, 15) is 0 Å². The van der Waals surface area contributed by atoms with Crippen molar-refractivity contribution < 1.29 is 0 Å². The van der Waals surface area contributed by atoms with Gasteiger partial charge in [-0.3, -0.25) is 0 Å². The summed E-state index contributed by atoms with van der Waals surface area (Å²) in [5.74, 6) is 0.926. The summed E-state index contributed by atoms with van der Waals surface area (Å²) < 4.78 is 0. The Morgan fingerprint density at radius 2 is 2.00 bits per heavy atom. The van der Waals surface area contributed by atoms with E-state index < -0.39 is 0 Å². The van der Waals surface area contributed by atoms with Gasteiger partial charge in [0, 0.05) is 5.02 Å². The van der Waals surface area contributed by atoms with E-state index in [1.807, 2.05) is 12.1 Å². The molecule has 0 spiro atoms. The normalized spacial score (nSPS) is 16.8. The maximum Gasteiger partial charge on any atom is 0.0438 e. The minimum Gasteiger partial charge on any atom is -0.0840 e. The summed E-state index contributed by atoms with van der Waals surface area (Å²) in [4.78, 5) is 0. The fourth-order valence-electron chi connectivity index (χ4n) is 1.30. The fraction of sp³-hybridized carbons (Fsp3) is 0.400. The van der Waals surface area contributed by atoms with Gasteiger partial charge in [-0.2, -0.15) is 0 Å². The van der Waals surface area contributed by atoms with Gasteiger partial charge in [-0.1, -0.05) is 29.8 Å². The molecule has 0 saturated heterocycles. The molecule has 1 heteroatoms. The highest BCUT2D eigenvalue weighted by atomic mass is 35.5. The zero-order chi connectivity index (χ0) is 7.68. The monoisotopic (exact) mass is 166 g/mol. The number of hydrogen-bond donors (Lipinski definition) is 0. The maximum absolute atomic E-state index is 6.00. The minimum atomic E-state index is 0.926. The van der Waals surface area contributed by atoms with Crippen molar-refractivity contribution in [1.82, 2.24) is 0 Å². The number of halogens is 1. The van der Waals surface area contributed by atoms with E-state index in [4.69, 9.17) is 11.6 Å². The van der Waals surface area contributed by atoms with Gasteiger partial charge in [0.05, 0.1) is 0 Å². The zero-order valence-electron chi connectivity index (χ0n) is 6.39. The van der Waals surface area contributed by atoms with Crippen molar-refractivity contribution in [3.63, 3.8) is 0 Å². The molecule has 58 valence electrons. The molecule has 1 saturated carbocycles. The predicted octanol–water partition coefficient (Wildman–Crippen LogP) is 3.29. The molecule has 0 heterocycles. The van der Waals surface area contributed by atoms with E-state index in [0.29, 0.717) is 0 Å². The molecule has 0 N–H and O–H groups in total. The SMILES string of the molecule is Clc1ccccc1CC1CC1. The standard InChI is InChI=1S/C10H11Cl/c11-10-4-2-1-3-9(10)7-8-5-6-8/h1-4,8H,5-7H2. The first kappa shape index (κ1) is 7.17. The Bertz CT molecular complexity index is 251. The lowest BCUT2D eigenvalue weighted by Gasteiger charge is -2.00. The molecule has 1 aliphatic rings. The van der Waals surface area contributed by atoms with E-state index in [0.717, 1.165) is 10.9 Å². The number of benzene rings is 1. The Kier molecular flexibility index (Phi) is 1.87. The fourth-order valence-corrected chi connectivity index (χ4v) is 1.51. The highest BCUT2D eigenvalue weighted by Crippen LogP contribution is 2.34. The van der Waals surface area contributed by atoms with Gasteiger partial charge in [0.25, 0.3) is 0 Å². The molecule has 1 fully saturated rings. The molecule has 1 aromatic carbocycles. The third-order valence-corrected chi connectivity index (χ3v) is 2.53. The molecule has 0 aromatic heterocycles. The topological polar surface area (TPSA) is 0 Å². The van der Waals surface area contributed by atoms with Crippen LogP contribution in [0.1, 0.15) is 18.4 Å². The molecule has 0 unspecified atom stereocenters. The van der Waals surface area contributed by atoms with Gasteiger partial charge < -0.3 is 0 Å². The van der Waals surface area contributed by atoms with Crippen LogP contribution in [0.2, 0.25) is 5.02 Å². The summed E-state index contributed by atoms with van der Waals surface area (Å²) in [6.07, 6.45) is 3.97. The van der Waals surface area contributed by atoms with Gasteiger partial charge >= 0.3 is 0 Å². The van der Waals surface area contributed by atoms with Crippen LogP contribution < -0.4 is 0 Å². The Hall–Kier alpha value is -0.490. The second-order valence-electron chi connectivity index (χ2n) is 3.24. The van der Waals surface area contributed by atoms with Crippen molar-refractivity contribution >= 4 is 11.6 Å². The largest absolute Gasteiger partial charge is 0.0840 e. The van der Waals surface area contributed by atoms with Crippen LogP contribution in [0.4, 0.5) is 0 Å². The first-order valence-corrected chi connectivity index (χ1v) is 4.47. The molecular formula is C10H11Cl. The highest BCUT2D eigenvalue weighted by molar-refractivity contribution is 6.31. The van der Waals surface area contributed by atoms with E-state index in [1.54, 1.807) is 0 Å². The molecule has 0 radical (unpaired) electrons. The van der Waals surface area contributed by atoms with Gasteiger partial charge in [-0.25, -0.2) is 0 Å². The Balaban J connectivity index is 2.15. The van der Waals surface area contributed by atoms with Crippen LogP contribution in [0.5, 0.6) is 0 Å². The van der Waals surface area contributed by atoms with E-state index in [2.05, 4.69) is 12.1 Å². The minimum absolute atomic E-state index is 0.926. The van der Waals surface area contributed by atoms with Gasteiger partial charge in [-0.05, 0) is 36.8 Å². The van der Waals surface area contributed by atoms with Crippen LogP contribution >= 0.6 is 11.6 Å². The van der Waals surface area contributed by atoms with Crippen molar-refractivity contribution in [2.75, 3.05) is 0 Å². The maximum atomic E-state index is 6.00. The summed E-state index contributed by atoms with van der Waals surface area (Å²) in [5, 5.41) is 0.930. The summed E-state index contributed by atoms with van der Waals surface area (Å²) in [7, 11) is 0. The lowest BCUT2D eigenvalue weighted by molar-refractivity contribution is 0.833. The van der Waals surface area contributed by atoms with Crippen molar-refractivity contribution in [1.29, 1.82) is 0 Å². The summed E-state index contributed by atoms with van der Waals surface area (Å²) >= 11 is 6.00. The number of rotatable bonds is 2. The lowest BCUT2D eigenvalue weighted by Crippen LogP contribution is -1.86. The number of hydrogen-bond acceptors (Lipinski definition) is 0. The summed E-state index contributed by atoms with van der Waals surface area (Å²) in [6.45, 7) is 0. The quantitative estimate of drug-likeness (QED) is 0.633. The smallest absolute Gasteiger partial charge is 0.0438 e. The first-order valence-electron chi connectivity index (χ1n) is 4.09. The third-order valence-electron chi connectivity index (χ3n) is 2.16. The average Bonchev–Trinajstić information content (AvgIpc) is 2.78. The second kappa shape index (κ2) is 2.86. The van der Waals surface area contributed by atoms with Crippen LogP contribution in [0.15, 0.2) is 24.3 Å². The van der Waals surface area contributed by atoms with E-state index >= 15 is 0 Å². The molecule has 1 aromatic rings. The van der Waals surface area contributed by atoms with Gasteiger partial charge in [0.15, 0.2) is 0 Å². The van der Waals surface area contributed by atoms with Crippen molar-refractivity contribution in [2.45, 2.75) is 19.3 Å². The Morgan fingerprint density at radius 3 is 2.64 bits per heavy atom. The van der Waals surface area contributed by atoms with Gasteiger partial charge in [0.1, 0.15) is 0 Å². The van der Waals surface area contributed by atoms with Crippen LogP contribution in [0.3, 0.4) is 0 Å². The highest BCUT2D eigenvalue weighted by Gasteiger charge is 2.21. The molecule has 0 nitrogen and oxygen atoms in total. The third kappa shape index (κ3) is 1.75. The average molecular weight is 167 g/mol. The van der Waals surface area contributed by atoms with Gasteiger partial charge in [-0.15, -0.1) is 0 Å². The molecule has 1 aliphatic carbocycles. The molecular weight excluding hydrogens is 156 g/mol.